The summed E-state index contributed by atoms with van der Waals surface area (Å²) in [6.07, 6.45) is 4.63. The fourth-order valence-electron chi connectivity index (χ4n) is 7.66. The van der Waals surface area contributed by atoms with Gasteiger partial charge in [-0.15, -0.1) is 10.2 Å². The second-order valence-corrected chi connectivity index (χ2v) is 12.4. The third-order valence-corrected chi connectivity index (χ3v) is 10.8. The van der Waals surface area contributed by atoms with E-state index >= 15 is 0 Å². The fourth-order valence-corrected chi connectivity index (χ4v) is 7.66. The van der Waals surface area contributed by atoms with E-state index in [4.69, 9.17) is 15.0 Å². The predicted octanol–water partition coefficient (Wildman–Crippen LogP) is 5.14. The summed E-state index contributed by atoms with van der Waals surface area (Å²) in [5.41, 5.74) is 6.14. The maximum atomic E-state index is 5.03. The smallest absolute Gasteiger partial charge is 0.200 e. The first-order chi connectivity index (χ1) is 16.1. The minimum atomic E-state index is 0.0316. The van der Waals surface area contributed by atoms with E-state index in [1.165, 1.54) is 12.8 Å². The summed E-state index contributed by atoms with van der Waals surface area (Å²) >= 11 is 0. The summed E-state index contributed by atoms with van der Waals surface area (Å²) in [5.74, 6) is 2.03. The van der Waals surface area contributed by atoms with Crippen LogP contribution >= 0.6 is 0 Å². The van der Waals surface area contributed by atoms with Crippen molar-refractivity contribution in [1.82, 2.24) is 35.3 Å². The van der Waals surface area contributed by atoms with Crippen molar-refractivity contribution in [3.63, 3.8) is 0 Å². The first kappa shape index (κ1) is 20.5. The molecule has 4 aliphatic rings. The molecule has 4 aliphatic carbocycles. The van der Waals surface area contributed by atoms with Gasteiger partial charge < -0.3 is 0 Å². The van der Waals surface area contributed by atoms with Crippen molar-refractivity contribution in [3.8, 4) is 23.0 Å². The molecule has 2 fully saturated rings. The Morgan fingerprint density at radius 3 is 1.50 bits per heavy atom. The van der Waals surface area contributed by atoms with Crippen LogP contribution in [0.1, 0.15) is 102 Å². The molecule has 4 bridgehead atoms. The van der Waals surface area contributed by atoms with E-state index < -0.39 is 0 Å². The van der Waals surface area contributed by atoms with Crippen molar-refractivity contribution < 1.29 is 0 Å². The Labute approximate surface area is 200 Å². The van der Waals surface area contributed by atoms with Crippen LogP contribution in [0.3, 0.4) is 0 Å². The molecule has 0 saturated heterocycles. The Kier molecular flexibility index (Phi) is 3.65. The lowest BCUT2D eigenvalue weighted by Crippen LogP contribution is -2.32. The normalized spacial score (nSPS) is 33.2. The molecule has 7 heteroatoms. The van der Waals surface area contributed by atoms with E-state index in [0.717, 1.165) is 35.6 Å². The van der Waals surface area contributed by atoms with E-state index in [2.05, 4.69) is 61.9 Å². The van der Waals surface area contributed by atoms with Crippen molar-refractivity contribution in [1.29, 1.82) is 0 Å². The van der Waals surface area contributed by atoms with Crippen LogP contribution < -0.4 is 0 Å². The molecule has 3 aromatic rings. The van der Waals surface area contributed by atoms with Gasteiger partial charge in [0.15, 0.2) is 0 Å². The second-order valence-electron chi connectivity index (χ2n) is 12.4. The van der Waals surface area contributed by atoms with Crippen LogP contribution in [0.2, 0.25) is 0 Å². The summed E-state index contributed by atoms with van der Waals surface area (Å²) < 4.78 is 0. The van der Waals surface area contributed by atoms with Crippen molar-refractivity contribution in [2.24, 2.45) is 10.8 Å². The first-order valence-corrected chi connectivity index (χ1v) is 12.6. The molecular weight excluding hydrogens is 422 g/mol. The Morgan fingerprint density at radius 1 is 0.618 bits per heavy atom. The van der Waals surface area contributed by atoms with Crippen LogP contribution in [-0.2, 0) is 10.8 Å². The molecule has 0 spiro atoms. The van der Waals surface area contributed by atoms with Crippen LogP contribution in [0.15, 0.2) is 18.2 Å². The molecule has 34 heavy (non-hydrogen) atoms. The van der Waals surface area contributed by atoms with Gasteiger partial charge in [0.05, 0.1) is 22.8 Å². The molecule has 7 rings (SSSR count). The molecule has 0 unspecified atom stereocenters. The molecule has 174 valence electrons. The monoisotopic (exact) mass is 453 g/mol. The fraction of sp³-hybridized carbons (Fsp3) is 0.593. The number of hydrogen-bond donors (Lipinski definition) is 0. The van der Waals surface area contributed by atoms with E-state index in [-0.39, 0.29) is 21.7 Å². The molecule has 0 N–H and O–H groups in total. The molecule has 7 nitrogen and oxygen atoms in total. The largest absolute Gasteiger partial charge is 0.241 e. The lowest BCUT2D eigenvalue weighted by molar-refractivity contribution is 0.227. The van der Waals surface area contributed by atoms with Gasteiger partial charge >= 0.3 is 0 Å². The molecule has 0 amide bonds. The van der Waals surface area contributed by atoms with Gasteiger partial charge in [-0.2, -0.15) is 10.2 Å². The van der Waals surface area contributed by atoms with Crippen LogP contribution in [0, 0.1) is 10.8 Å². The van der Waals surface area contributed by atoms with E-state index in [9.17, 15) is 0 Å². The minimum Gasteiger partial charge on any atom is -0.241 e. The van der Waals surface area contributed by atoms with E-state index in [0.29, 0.717) is 34.9 Å². The van der Waals surface area contributed by atoms with Crippen molar-refractivity contribution in [3.05, 3.63) is 41.0 Å². The van der Waals surface area contributed by atoms with Gasteiger partial charge in [0, 0.05) is 22.7 Å². The van der Waals surface area contributed by atoms with Gasteiger partial charge in [-0.05, 0) is 48.6 Å². The van der Waals surface area contributed by atoms with Crippen molar-refractivity contribution >= 4 is 0 Å². The lowest BCUT2D eigenvalue weighted by Gasteiger charge is -2.34. The highest BCUT2D eigenvalue weighted by molar-refractivity contribution is 5.58. The zero-order valence-corrected chi connectivity index (χ0v) is 20.8. The number of aromatic nitrogens is 7. The molecule has 2 saturated carbocycles. The SMILES string of the molecule is CC1(C)[C@@H]2CC[C@@]1(C)c1nc(-c3cccc(-c4nnc5c(n4)[C@@]4(C)CC[C@@H]5C4(C)C)n3)nnc12. The number of hydrogen-bond acceptors (Lipinski definition) is 7. The Bertz CT molecular complexity index is 1280. The highest BCUT2D eigenvalue weighted by Crippen LogP contribution is 2.67. The summed E-state index contributed by atoms with van der Waals surface area (Å²) in [4.78, 5) is 14.9. The molecule has 3 aromatic heterocycles. The quantitative estimate of drug-likeness (QED) is 0.531. The molecule has 0 aliphatic heterocycles. The van der Waals surface area contributed by atoms with Crippen molar-refractivity contribution in [2.45, 2.75) is 89.9 Å². The second kappa shape index (κ2) is 6.04. The van der Waals surface area contributed by atoms with Crippen LogP contribution in [0.4, 0.5) is 0 Å². The molecular formula is C27H31N7. The van der Waals surface area contributed by atoms with Gasteiger partial charge in [-0.25, -0.2) is 15.0 Å². The highest BCUT2D eigenvalue weighted by atomic mass is 15.2. The van der Waals surface area contributed by atoms with Gasteiger partial charge in [0.2, 0.25) is 11.6 Å². The number of rotatable bonds is 2. The van der Waals surface area contributed by atoms with Gasteiger partial charge in [-0.3, -0.25) is 0 Å². The average molecular weight is 454 g/mol. The van der Waals surface area contributed by atoms with Crippen LogP contribution in [0.25, 0.3) is 23.0 Å². The molecule has 0 aromatic carbocycles. The Morgan fingerprint density at radius 2 is 1.06 bits per heavy atom. The third kappa shape index (κ3) is 2.17. The highest BCUT2D eigenvalue weighted by Gasteiger charge is 2.62. The van der Waals surface area contributed by atoms with Crippen molar-refractivity contribution in [2.75, 3.05) is 0 Å². The number of fused-ring (bicyclic) bond motifs is 10. The Balaban J connectivity index is 1.29. The standard InChI is InChI=1S/C27H31N7/c1-24(2)14-10-12-26(24,5)20-18(14)31-33-22(29-20)16-8-7-9-17(28-16)23-30-21-19(32-34-23)15-11-13-27(21,6)25(15,3)4/h7-9,14-15H,10-13H2,1-6H3/t14-,15+,26+,27-. The molecule has 4 atom stereocenters. The van der Waals surface area contributed by atoms with Crippen LogP contribution in [0.5, 0.6) is 0 Å². The maximum absolute atomic E-state index is 5.03. The average Bonchev–Trinajstić information content (AvgIpc) is 3.34. The zero-order chi connectivity index (χ0) is 23.7. The maximum Gasteiger partial charge on any atom is 0.200 e. The zero-order valence-electron chi connectivity index (χ0n) is 20.8. The third-order valence-electron chi connectivity index (χ3n) is 10.8. The molecule has 3 heterocycles. The van der Waals surface area contributed by atoms with E-state index in [1.54, 1.807) is 0 Å². The summed E-state index contributed by atoms with van der Waals surface area (Å²) in [6.45, 7) is 14.1. The Hall–Kier alpha value is -2.83. The number of nitrogens with zero attached hydrogens (tertiary/aromatic N) is 7. The lowest BCUT2D eigenvalue weighted by atomic mass is 9.70. The summed E-state index contributed by atoms with van der Waals surface area (Å²) in [5, 5.41) is 18.3. The predicted molar refractivity (Wildman–Crippen MR) is 128 cm³/mol. The van der Waals surface area contributed by atoms with Gasteiger partial charge in [0.25, 0.3) is 0 Å². The van der Waals surface area contributed by atoms with Gasteiger partial charge in [-0.1, -0.05) is 47.6 Å². The molecule has 0 radical (unpaired) electrons. The minimum absolute atomic E-state index is 0.0316. The summed E-state index contributed by atoms with van der Waals surface area (Å²) in [7, 11) is 0. The van der Waals surface area contributed by atoms with Gasteiger partial charge in [0.1, 0.15) is 11.4 Å². The summed E-state index contributed by atoms with van der Waals surface area (Å²) in [6, 6.07) is 5.86. The first-order valence-electron chi connectivity index (χ1n) is 12.6. The van der Waals surface area contributed by atoms with E-state index in [1.807, 2.05) is 18.2 Å². The topological polar surface area (TPSA) is 90.2 Å². The number of pyridine rings is 1. The van der Waals surface area contributed by atoms with Crippen LogP contribution in [-0.4, -0.2) is 35.3 Å².